The van der Waals surface area contributed by atoms with Crippen LogP contribution in [-0.2, 0) is 11.8 Å². The second-order valence-electron chi connectivity index (χ2n) is 4.93. The molecule has 1 aromatic heterocycles. The number of anilines is 1. The van der Waals surface area contributed by atoms with Crippen molar-refractivity contribution >= 4 is 5.82 Å². The van der Waals surface area contributed by atoms with Crippen LogP contribution in [0.15, 0.2) is 0 Å². The van der Waals surface area contributed by atoms with Gasteiger partial charge in [0.2, 0.25) is 0 Å². The number of rotatable bonds is 3. The van der Waals surface area contributed by atoms with E-state index in [9.17, 15) is 5.26 Å². The predicted molar refractivity (Wildman–Crippen MR) is 69.3 cm³/mol. The summed E-state index contributed by atoms with van der Waals surface area (Å²) in [5, 5.41) is 16.9. The first kappa shape index (κ1) is 12.9. The number of nitrogens with zero attached hydrogens (tertiary/aromatic N) is 3. The molecular weight excluding hydrogens is 228 g/mol. The minimum absolute atomic E-state index is 0.329. The Kier molecular flexibility index (Phi) is 3.87. The van der Waals surface area contributed by atoms with E-state index < -0.39 is 0 Å². The third kappa shape index (κ3) is 2.49. The molecule has 0 radical (unpaired) electrons. The van der Waals surface area contributed by atoms with Gasteiger partial charge in [-0.05, 0) is 32.6 Å². The van der Waals surface area contributed by atoms with E-state index in [4.69, 9.17) is 4.74 Å². The quantitative estimate of drug-likeness (QED) is 0.886. The summed E-state index contributed by atoms with van der Waals surface area (Å²) in [6.45, 7) is 5.71. The lowest BCUT2D eigenvalue weighted by Crippen LogP contribution is -2.31. The zero-order chi connectivity index (χ0) is 13.1. The summed E-state index contributed by atoms with van der Waals surface area (Å²) in [6, 6.07) is 2.55. The number of hydrogen-bond acceptors (Lipinski definition) is 4. The summed E-state index contributed by atoms with van der Waals surface area (Å²) in [4.78, 5) is 0. The number of nitriles is 1. The average Bonchev–Trinajstić information content (AvgIpc) is 2.64. The molecule has 2 heterocycles. The molecule has 5 nitrogen and oxygen atoms in total. The zero-order valence-corrected chi connectivity index (χ0v) is 11.2. The standard InChI is InChI=1S/C13H20N4O/c1-9(11-4-6-18-7-5-11)15-13-12(8-14)10(2)16-17(13)3/h9,11,15H,4-7H2,1-3H3. The van der Waals surface area contributed by atoms with Crippen molar-refractivity contribution in [2.45, 2.75) is 32.7 Å². The van der Waals surface area contributed by atoms with Gasteiger partial charge in [0.05, 0.1) is 5.69 Å². The van der Waals surface area contributed by atoms with Crippen molar-refractivity contribution in [3.8, 4) is 6.07 Å². The van der Waals surface area contributed by atoms with Gasteiger partial charge in [-0.2, -0.15) is 10.4 Å². The van der Waals surface area contributed by atoms with Crippen molar-refractivity contribution in [3.05, 3.63) is 11.3 Å². The first-order chi connectivity index (χ1) is 8.63. The van der Waals surface area contributed by atoms with Gasteiger partial charge in [-0.1, -0.05) is 0 Å². The van der Waals surface area contributed by atoms with Gasteiger partial charge in [-0.3, -0.25) is 4.68 Å². The van der Waals surface area contributed by atoms with E-state index in [0.29, 0.717) is 17.5 Å². The maximum Gasteiger partial charge on any atom is 0.142 e. The minimum Gasteiger partial charge on any atom is -0.381 e. The van der Waals surface area contributed by atoms with Crippen molar-refractivity contribution in [3.63, 3.8) is 0 Å². The smallest absolute Gasteiger partial charge is 0.142 e. The first-order valence-electron chi connectivity index (χ1n) is 6.41. The summed E-state index contributed by atoms with van der Waals surface area (Å²) in [7, 11) is 1.87. The molecule has 1 saturated heterocycles. The van der Waals surface area contributed by atoms with Crippen molar-refractivity contribution < 1.29 is 4.74 Å². The monoisotopic (exact) mass is 248 g/mol. The van der Waals surface area contributed by atoms with Crippen LogP contribution in [0.1, 0.15) is 31.0 Å². The molecule has 1 N–H and O–H groups in total. The van der Waals surface area contributed by atoms with Crippen LogP contribution in [0.25, 0.3) is 0 Å². The lowest BCUT2D eigenvalue weighted by Gasteiger charge is -2.29. The maximum atomic E-state index is 9.17. The van der Waals surface area contributed by atoms with E-state index in [1.165, 1.54) is 0 Å². The van der Waals surface area contributed by atoms with Crippen molar-refractivity contribution in [2.24, 2.45) is 13.0 Å². The molecule has 1 aliphatic heterocycles. The Hall–Kier alpha value is -1.54. The van der Waals surface area contributed by atoms with Crippen LogP contribution in [-0.4, -0.2) is 29.0 Å². The van der Waals surface area contributed by atoms with Crippen LogP contribution in [0.3, 0.4) is 0 Å². The Labute approximate surface area is 108 Å². The summed E-state index contributed by atoms with van der Waals surface area (Å²) < 4.78 is 7.13. The van der Waals surface area contributed by atoms with Crippen LogP contribution in [0.2, 0.25) is 0 Å². The van der Waals surface area contributed by atoms with E-state index in [1.807, 2.05) is 14.0 Å². The summed E-state index contributed by atoms with van der Waals surface area (Å²) >= 11 is 0. The van der Waals surface area contributed by atoms with Gasteiger partial charge in [0, 0.05) is 26.3 Å². The molecule has 1 atom stereocenters. The van der Waals surface area contributed by atoms with Crippen molar-refractivity contribution in [1.82, 2.24) is 9.78 Å². The van der Waals surface area contributed by atoms with Gasteiger partial charge in [0.1, 0.15) is 17.5 Å². The third-order valence-corrected chi connectivity index (χ3v) is 3.67. The van der Waals surface area contributed by atoms with Crippen LogP contribution >= 0.6 is 0 Å². The molecule has 5 heteroatoms. The van der Waals surface area contributed by atoms with Crippen molar-refractivity contribution in [1.29, 1.82) is 5.26 Å². The highest BCUT2D eigenvalue weighted by Crippen LogP contribution is 2.24. The van der Waals surface area contributed by atoms with E-state index in [-0.39, 0.29) is 0 Å². The van der Waals surface area contributed by atoms with E-state index in [0.717, 1.165) is 37.6 Å². The molecule has 0 spiro atoms. The second-order valence-corrected chi connectivity index (χ2v) is 4.93. The van der Waals surface area contributed by atoms with Gasteiger partial charge in [0.15, 0.2) is 0 Å². The number of hydrogen-bond donors (Lipinski definition) is 1. The molecule has 18 heavy (non-hydrogen) atoms. The lowest BCUT2D eigenvalue weighted by molar-refractivity contribution is 0.0622. The number of nitrogens with one attached hydrogen (secondary N) is 1. The second kappa shape index (κ2) is 5.40. The zero-order valence-electron chi connectivity index (χ0n) is 11.2. The molecule has 2 rings (SSSR count). The molecule has 1 aromatic rings. The van der Waals surface area contributed by atoms with Crippen LogP contribution < -0.4 is 5.32 Å². The third-order valence-electron chi connectivity index (χ3n) is 3.67. The van der Waals surface area contributed by atoms with Gasteiger partial charge in [-0.15, -0.1) is 0 Å². The van der Waals surface area contributed by atoms with Crippen LogP contribution in [0, 0.1) is 24.2 Å². The predicted octanol–water partition coefficient (Wildman–Crippen LogP) is 1.83. The highest BCUT2D eigenvalue weighted by molar-refractivity contribution is 5.55. The normalized spacial score (nSPS) is 18.3. The highest BCUT2D eigenvalue weighted by atomic mass is 16.5. The molecule has 1 aliphatic rings. The highest BCUT2D eigenvalue weighted by Gasteiger charge is 2.23. The number of aryl methyl sites for hydroxylation is 2. The molecule has 0 amide bonds. The molecular formula is C13H20N4O. The summed E-state index contributed by atoms with van der Waals surface area (Å²) in [5.74, 6) is 1.43. The Morgan fingerprint density at radius 3 is 2.78 bits per heavy atom. The van der Waals surface area contributed by atoms with Gasteiger partial charge in [0.25, 0.3) is 0 Å². The summed E-state index contributed by atoms with van der Waals surface area (Å²) in [6.07, 6.45) is 2.15. The molecule has 0 aromatic carbocycles. The lowest BCUT2D eigenvalue weighted by atomic mass is 9.93. The fourth-order valence-corrected chi connectivity index (χ4v) is 2.51. The number of ether oxygens (including phenoxy) is 1. The molecule has 0 saturated carbocycles. The van der Waals surface area contributed by atoms with Crippen molar-refractivity contribution in [2.75, 3.05) is 18.5 Å². The van der Waals surface area contributed by atoms with Gasteiger partial charge < -0.3 is 10.1 Å². The molecule has 98 valence electrons. The average molecular weight is 248 g/mol. The Morgan fingerprint density at radius 1 is 1.50 bits per heavy atom. The van der Waals surface area contributed by atoms with Crippen LogP contribution in [0.5, 0.6) is 0 Å². The largest absolute Gasteiger partial charge is 0.381 e. The van der Waals surface area contributed by atoms with E-state index >= 15 is 0 Å². The van der Waals surface area contributed by atoms with Gasteiger partial charge >= 0.3 is 0 Å². The Balaban J connectivity index is 2.11. The topological polar surface area (TPSA) is 62.9 Å². The molecule has 0 bridgehead atoms. The molecule has 1 unspecified atom stereocenters. The fraction of sp³-hybridized carbons (Fsp3) is 0.692. The molecule has 0 aliphatic carbocycles. The molecule has 1 fully saturated rings. The Morgan fingerprint density at radius 2 is 2.17 bits per heavy atom. The van der Waals surface area contributed by atoms with Crippen LogP contribution in [0.4, 0.5) is 5.82 Å². The van der Waals surface area contributed by atoms with E-state index in [1.54, 1.807) is 4.68 Å². The minimum atomic E-state index is 0.329. The first-order valence-corrected chi connectivity index (χ1v) is 6.41. The Bertz CT molecular complexity index is 454. The maximum absolute atomic E-state index is 9.17. The number of aromatic nitrogens is 2. The van der Waals surface area contributed by atoms with Gasteiger partial charge in [-0.25, -0.2) is 0 Å². The summed E-state index contributed by atoms with van der Waals surface area (Å²) in [5.41, 5.74) is 1.43. The fourth-order valence-electron chi connectivity index (χ4n) is 2.51. The van der Waals surface area contributed by atoms with E-state index in [2.05, 4.69) is 23.4 Å². The SMILES string of the molecule is Cc1nn(C)c(NC(C)C2CCOCC2)c1C#N.